The Morgan fingerprint density at radius 3 is 2.14 bits per heavy atom. The van der Waals surface area contributed by atoms with Crippen molar-refractivity contribution in [1.82, 2.24) is 0 Å². The summed E-state index contributed by atoms with van der Waals surface area (Å²) in [6.07, 6.45) is 0. The van der Waals surface area contributed by atoms with Crippen LogP contribution in [0.25, 0.3) is 5.57 Å². The van der Waals surface area contributed by atoms with Crippen molar-refractivity contribution in [2.45, 2.75) is 67.8 Å². The minimum absolute atomic E-state index is 0.00687. The van der Waals surface area contributed by atoms with Gasteiger partial charge in [0.05, 0.1) is 22.6 Å². The van der Waals surface area contributed by atoms with Crippen molar-refractivity contribution in [3.63, 3.8) is 0 Å². The molecule has 3 unspecified atom stereocenters. The minimum atomic E-state index is -4.98. The van der Waals surface area contributed by atoms with E-state index in [4.69, 9.17) is 4.74 Å². The molecule has 3 aromatic rings. The molecule has 6 rings (SSSR count). The summed E-state index contributed by atoms with van der Waals surface area (Å²) in [4.78, 5) is 14.9. The Kier molecular flexibility index (Phi) is 5.98. The van der Waals surface area contributed by atoms with Crippen LogP contribution in [0.5, 0.6) is 11.5 Å². The number of hydrogen-bond acceptors (Lipinski definition) is 8. The molecule has 42 heavy (non-hydrogen) atoms. The van der Waals surface area contributed by atoms with Crippen LogP contribution in [-0.2, 0) is 25.7 Å². The van der Waals surface area contributed by atoms with Crippen molar-refractivity contribution in [2.75, 3.05) is 5.32 Å². The Morgan fingerprint density at radius 2 is 1.57 bits per heavy atom. The van der Waals surface area contributed by atoms with Crippen LogP contribution in [0.4, 0.5) is 5.69 Å². The molecule has 3 aromatic carbocycles. The highest BCUT2D eigenvalue weighted by Crippen LogP contribution is 2.51. The molecule has 4 N–H and O–H groups in total. The summed E-state index contributed by atoms with van der Waals surface area (Å²) >= 11 is 0. The van der Waals surface area contributed by atoms with Gasteiger partial charge in [-0.05, 0) is 54.8 Å². The van der Waals surface area contributed by atoms with Crippen molar-refractivity contribution in [3.8, 4) is 11.5 Å². The fourth-order valence-electron chi connectivity index (χ4n) is 6.02. The minimum Gasteiger partial charge on any atom is -0.478 e. The maximum absolute atomic E-state index is 13.0. The molecular formula is C29H28N2O9S2. The summed E-state index contributed by atoms with van der Waals surface area (Å²) < 4.78 is 78.9. The highest BCUT2D eigenvalue weighted by molar-refractivity contribution is 7.86. The number of nitrogens with one attached hydrogen (secondary N) is 1. The van der Waals surface area contributed by atoms with E-state index in [1.165, 1.54) is 24.3 Å². The quantitative estimate of drug-likeness (QED) is 0.249. The first kappa shape index (κ1) is 28.3. The number of fused-ring (bicyclic) bond motifs is 4. The van der Waals surface area contributed by atoms with Gasteiger partial charge in [0.1, 0.15) is 0 Å². The van der Waals surface area contributed by atoms with E-state index in [0.29, 0.717) is 22.3 Å². The maximum atomic E-state index is 13.0. The van der Waals surface area contributed by atoms with Crippen LogP contribution in [-0.4, -0.2) is 49.1 Å². The van der Waals surface area contributed by atoms with Crippen LogP contribution >= 0.6 is 0 Å². The zero-order valence-corrected chi connectivity index (χ0v) is 24.9. The summed E-state index contributed by atoms with van der Waals surface area (Å²) in [6.45, 7) is 9.35. The Bertz CT molecular complexity index is 2090. The Hall–Kier alpha value is -3.78. The molecule has 0 saturated heterocycles. The molecule has 0 amide bonds. The van der Waals surface area contributed by atoms with Crippen molar-refractivity contribution in [1.29, 1.82) is 0 Å². The molecule has 3 heterocycles. The molecule has 0 aromatic heterocycles. The molecule has 3 aliphatic heterocycles. The molecule has 0 radical (unpaired) electrons. The number of nitrogens with zero attached hydrogens (tertiary/aromatic N) is 1. The van der Waals surface area contributed by atoms with E-state index in [1.807, 2.05) is 34.6 Å². The molecule has 0 spiro atoms. The van der Waals surface area contributed by atoms with E-state index in [1.54, 1.807) is 12.1 Å². The molecule has 0 fully saturated rings. The van der Waals surface area contributed by atoms with Gasteiger partial charge in [0, 0.05) is 33.7 Å². The van der Waals surface area contributed by atoms with Crippen LogP contribution in [0.3, 0.4) is 0 Å². The first-order chi connectivity index (χ1) is 19.4. The highest BCUT2D eigenvalue weighted by Gasteiger charge is 2.42. The van der Waals surface area contributed by atoms with Crippen LogP contribution in [0.15, 0.2) is 51.2 Å². The number of carboxylic acid groups (broad SMARTS) is 1. The Labute approximate surface area is 242 Å². The smallest absolute Gasteiger partial charge is 0.335 e. The normalized spacial score (nSPS) is 21.8. The zero-order valence-electron chi connectivity index (χ0n) is 23.3. The van der Waals surface area contributed by atoms with Crippen LogP contribution in [0.1, 0.15) is 73.1 Å². The lowest BCUT2D eigenvalue weighted by Gasteiger charge is -2.28. The van der Waals surface area contributed by atoms with Crippen molar-refractivity contribution in [3.05, 3.63) is 74.8 Å². The predicted octanol–water partition coefficient (Wildman–Crippen LogP) is 3.45. The van der Waals surface area contributed by atoms with Gasteiger partial charge in [0.25, 0.3) is 20.2 Å². The van der Waals surface area contributed by atoms with Gasteiger partial charge in [-0.2, -0.15) is 16.8 Å². The lowest BCUT2D eigenvalue weighted by Crippen LogP contribution is -2.33. The summed E-state index contributed by atoms with van der Waals surface area (Å²) in [5.41, 5.74) is 1.65. The van der Waals surface area contributed by atoms with E-state index < -0.39 is 41.4 Å². The van der Waals surface area contributed by atoms with E-state index in [2.05, 4.69) is 10.3 Å². The maximum Gasteiger partial charge on any atom is 0.335 e. The average molecular weight is 613 g/mol. The summed E-state index contributed by atoms with van der Waals surface area (Å²) in [6, 6.07) is 8.69. The first-order valence-electron chi connectivity index (χ1n) is 13.2. The summed E-state index contributed by atoms with van der Waals surface area (Å²) in [7, 11) is -9.93. The molecule has 13 heteroatoms. The van der Waals surface area contributed by atoms with Gasteiger partial charge < -0.3 is 15.2 Å². The average Bonchev–Trinajstić information content (AvgIpc) is 3.28. The van der Waals surface area contributed by atoms with Crippen molar-refractivity contribution in [2.24, 2.45) is 4.99 Å². The number of ether oxygens (including phenoxy) is 1. The molecular weight excluding hydrogens is 584 g/mol. The number of hydrogen-bond donors (Lipinski definition) is 4. The monoisotopic (exact) mass is 612 g/mol. The van der Waals surface area contributed by atoms with E-state index >= 15 is 0 Å². The van der Waals surface area contributed by atoms with Crippen molar-refractivity contribution < 1.29 is 40.6 Å². The van der Waals surface area contributed by atoms with E-state index in [0.717, 1.165) is 0 Å². The molecule has 3 atom stereocenters. The van der Waals surface area contributed by atoms with Gasteiger partial charge >= 0.3 is 5.97 Å². The lowest BCUT2D eigenvalue weighted by molar-refractivity contribution is 0.0696. The molecule has 3 aliphatic rings. The largest absolute Gasteiger partial charge is 0.478 e. The highest BCUT2D eigenvalue weighted by atomic mass is 32.2. The van der Waals surface area contributed by atoms with Gasteiger partial charge in [0.15, 0.2) is 21.3 Å². The third-order valence-corrected chi connectivity index (χ3v) is 10.6. The number of benzene rings is 3. The van der Waals surface area contributed by atoms with Gasteiger partial charge in [-0.1, -0.05) is 32.9 Å². The summed E-state index contributed by atoms with van der Waals surface area (Å²) in [5, 5.41) is 12.8. The third-order valence-electron chi connectivity index (χ3n) is 8.83. The van der Waals surface area contributed by atoms with Crippen molar-refractivity contribution >= 4 is 37.5 Å². The van der Waals surface area contributed by atoms with Crippen LogP contribution in [0.2, 0.25) is 0 Å². The van der Waals surface area contributed by atoms with Crippen LogP contribution in [0, 0.1) is 0 Å². The van der Waals surface area contributed by atoms with Crippen LogP contribution < -0.4 is 20.6 Å². The lowest BCUT2D eigenvalue weighted by atomic mass is 9.79. The predicted molar refractivity (Wildman–Crippen MR) is 152 cm³/mol. The number of anilines is 1. The van der Waals surface area contributed by atoms with Gasteiger partial charge in [-0.3, -0.25) is 14.1 Å². The van der Waals surface area contributed by atoms with Gasteiger partial charge in [-0.25, -0.2) is 4.79 Å². The second-order valence-electron chi connectivity index (χ2n) is 11.6. The fraction of sp³-hybridized carbons (Fsp3) is 0.310. The second-order valence-corrected chi connectivity index (χ2v) is 14.3. The standard InChI is InChI=1S/C29H28N2O9S2/c1-12-13(2)30-22-17(12)10-18-21(15-6-8-16(9-7-15)28(32)33)19-11-20-23(31-14(3)29(20,4)5)27(42(37,38)39)25(19)40-24(18)26(22)41(34,35)36/h6-14,30H,1-5H3,(H,32,33)(H,34,35,36)(H,37,38,39). The number of rotatable bonds is 4. The third kappa shape index (κ3) is 3.98. The van der Waals surface area contributed by atoms with Gasteiger partial charge in [-0.15, -0.1) is 0 Å². The SMILES string of the molecule is CC1Nc2c(cc3c(c2S(=O)(=O)O)Oc2c(S(=O)(=O)O)c4c(cc2=C3c2ccc(C(=O)O)cc2)C(C)(C)C(C)N=4)C1C. The number of carboxylic acids is 1. The molecule has 0 aliphatic carbocycles. The molecule has 220 valence electrons. The molecule has 11 nitrogen and oxygen atoms in total. The molecule has 0 bridgehead atoms. The zero-order chi connectivity index (χ0) is 30.7. The van der Waals surface area contributed by atoms with E-state index in [-0.39, 0.29) is 56.9 Å². The first-order valence-corrected chi connectivity index (χ1v) is 16.0. The van der Waals surface area contributed by atoms with Gasteiger partial charge in [0.2, 0.25) is 0 Å². The fourth-order valence-corrected chi connectivity index (χ4v) is 7.63. The molecule has 0 saturated carbocycles. The topological polar surface area (TPSA) is 180 Å². The summed E-state index contributed by atoms with van der Waals surface area (Å²) in [5.74, 6) is -2.00. The second kappa shape index (κ2) is 8.86. The number of aromatic carboxylic acids is 1. The Balaban J connectivity index is 1.86. The number of carbonyl (C=O) groups is 1. The Morgan fingerprint density at radius 1 is 0.952 bits per heavy atom. The van der Waals surface area contributed by atoms with E-state index in [9.17, 15) is 35.8 Å².